The largest absolute Gasteiger partial charge is 0.324 e. The fourth-order valence-electron chi connectivity index (χ4n) is 1.86. The summed E-state index contributed by atoms with van der Waals surface area (Å²) in [5.41, 5.74) is 6.26. The van der Waals surface area contributed by atoms with Crippen LogP contribution in [0, 0.1) is 17.5 Å². The van der Waals surface area contributed by atoms with Gasteiger partial charge in [0.2, 0.25) is 0 Å². The third-order valence-electron chi connectivity index (χ3n) is 2.85. The summed E-state index contributed by atoms with van der Waals surface area (Å²) in [4.78, 5) is 0. The van der Waals surface area contributed by atoms with Crippen LogP contribution < -0.4 is 5.73 Å². The third-order valence-corrected chi connectivity index (χ3v) is 3.46. The molecule has 0 bridgehead atoms. The smallest absolute Gasteiger partial charge is 0.162 e. The summed E-state index contributed by atoms with van der Waals surface area (Å²) in [5, 5.41) is 0. The molecule has 5 heteroatoms. The maximum Gasteiger partial charge on any atom is 0.162 e. The van der Waals surface area contributed by atoms with E-state index in [0.717, 1.165) is 6.07 Å². The van der Waals surface area contributed by atoms with E-state index in [-0.39, 0.29) is 17.5 Å². The normalized spacial score (nSPS) is 12.5. The van der Waals surface area contributed by atoms with E-state index in [1.54, 1.807) is 12.1 Å². The maximum atomic E-state index is 13.8. The summed E-state index contributed by atoms with van der Waals surface area (Å²) < 4.78 is 40.7. The average molecular weight is 330 g/mol. The molecule has 1 atom stereocenters. The highest BCUT2D eigenvalue weighted by Gasteiger charge is 2.17. The highest BCUT2D eigenvalue weighted by Crippen LogP contribution is 2.25. The van der Waals surface area contributed by atoms with Crippen molar-refractivity contribution in [1.29, 1.82) is 0 Å². The lowest BCUT2D eigenvalue weighted by atomic mass is 9.99. The molecule has 0 radical (unpaired) electrons. The molecule has 100 valence electrons. The second kappa shape index (κ2) is 5.75. The number of halogens is 4. The van der Waals surface area contributed by atoms with Crippen LogP contribution >= 0.6 is 15.9 Å². The molecule has 19 heavy (non-hydrogen) atoms. The van der Waals surface area contributed by atoms with E-state index >= 15 is 0 Å². The standard InChI is InChI=1S/C14H11BrF3N/c15-10-5-2-4-9(14(10)18)12(19)7-8-3-1-6-11(16)13(8)17/h1-6,12H,7,19H2. The van der Waals surface area contributed by atoms with Crippen LogP contribution in [0.5, 0.6) is 0 Å². The second-order valence-corrected chi connectivity index (χ2v) is 5.02. The first kappa shape index (κ1) is 14.1. The Morgan fingerprint density at radius 2 is 1.68 bits per heavy atom. The summed E-state index contributed by atoms with van der Waals surface area (Å²) in [6, 6.07) is 7.85. The summed E-state index contributed by atoms with van der Waals surface area (Å²) in [5.74, 6) is -2.35. The number of hydrogen-bond donors (Lipinski definition) is 1. The Bertz CT molecular complexity index is 601. The van der Waals surface area contributed by atoms with Gasteiger partial charge in [-0.25, -0.2) is 13.2 Å². The van der Waals surface area contributed by atoms with Crippen molar-refractivity contribution in [2.75, 3.05) is 0 Å². The minimum absolute atomic E-state index is 0.0248. The van der Waals surface area contributed by atoms with Crippen LogP contribution in [0.3, 0.4) is 0 Å². The lowest BCUT2D eigenvalue weighted by molar-refractivity contribution is 0.492. The molecule has 2 aromatic carbocycles. The predicted molar refractivity (Wildman–Crippen MR) is 71.1 cm³/mol. The molecule has 0 aromatic heterocycles. The average Bonchev–Trinajstić information content (AvgIpc) is 2.38. The van der Waals surface area contributed by atoms with Crippen LogP contribution in [0.2, 0.25) is 0 Å². The highest BCUT2D eigenvalue weighted by atomic mass is 79.9. The van der Waals surface area contributed by atoms with Crippen molar-refractivity contribution in [3.05, 3.63) is 69.4 Å². The van der Waals surface area contributed by atoms with Crippen molar-refractivity contribution in [3.63, 3.8) is 0 Å². The highest BCUT2D eigenvalue weighted by molar-refractivity contribution is 9.10. The summed E-state index contributed by atoms with van der Waals surface area (Å²) in [6.45, 7) is 0. The SMILES string of the molecule is NC(Cc1cccc(F)c1F)c1cccc(Br)c1F. The van der Waals surface area contributed by atoms with Gasteiger partial charge in [0, 0.05) is 11.6 Å². The van der Waals surface area contributed by atoms with Gasteiger partial charge < -0.3 is 5.73 Å². The topological polar surface area (TPSA) is 26.0 Å². The van der Waals surface area contributed by atoms with E-state index in [9.17, 15) is 13.2 Å². The van der Waals surface area contributed by atoms with Crippen molar-refractivity contribution in [2.24, 2.45) is 5.73 Å². The van der Waals surface area contributed by atoms with E-state index in [1.165, 1.54) is 18.2 Å². The predicted octanol–water partition coefficient (Wildman–Crippen LogP) is 4.11. The third kappa shape index (κ3) is 2.98. The molecule has 2 aromatic rings. The Morgan fingerprint density at radius 3 is 2.42 bits per heavy atom. The summed E-state index contributed by atoms with van der Waals surface area (Å²) in [6.07, 6.45) is 0.0248. The number of rotatable bonds is 3. The molecular formula is C14H11BrF3N. The van der Waals surface area contributed by atoms with Crippen molar-refractivity contribution < 1.29 is 13.2 Å². The van der Waals surface area contributed by atoms with Gasteiger partial charge in [0.05, 0.1) is 4.47 Å². The Balaban J connectivity index is 2.28. The molecule has 2 rings (SSSR count). The Morgan fingerprint density at radius 1 is 1.00 bits per heavy atom. The molecule has 0 amide bonds. The van der Waals surface area contributed by atoms with Gasteiger partial charge >= 0.3 is 0 Å². The molecule has 0 heterocycles. The minimum Gasteiger partial charge on any atom is -0.324 e. The quantitative estimate of drug-likeness (QED) is 0.901. The zero-order valence-corrected chi connectivity index (χ0v) is 11.4. The first-order valence-corrected chi connectivity index (χ1v) is 6.42. The monoisotopic (exact) mass is 329 g/mol. The van der Waals surface area contributed by atoms with Crippen LogP contribution in [-0.4, -0.2) is 0 Å². The molecule has 1 nitrogen and oxygen atoms in total. The van der Waals surface area contributed by atoms with Gasteiger partial charge in [-0.3, -0.25) is 0 Å². The molecule has 0 aliphatic carbocycles. The zero-order chi connectivity index (χ0) is 14.0. The first-order valence-electron chi connectivity index (χ1n) is 5.63. The Hall–Kier alpha value is -1.33. The molecule has 0 fully saturated rings. The zero-order valence-electron chi connectivity index (χ0n) is 9.84. The maximum absolute atomic E-state index is 13.8. The van der Waals surface area contributed by atoms with Gasteiger partial charge in [0.1, 0.15) is 5.82 Å². The Labute approximate surface area is 117 Å². The number of hydrogen-bond acceptors (Lipinski definition) is 1. The Kier molecular flexibility index (Phi) is 4.27. The first-order chi connectivity index (χ1) is 9.00. The van der Waals surface area contributed by atoms with E-state index in [2.05, 4.69) is 15.9 Å². The molecule has 0 saturated heterocycles. The van der Waals surface area contributed by atoms with Crippen molar-refractivity contribution >= 4 is 15.9 Å². The lowest BCUT2D eigenvalue weighted by Gasteiger charge is -2.14. The van der Waals surface area contributed by atoms with Gasteiger partial charge in [0.15, 0.2) is 11.6 Å². The van der Waals surface area contributed by atoms with Crippen LogP contribution in [0.15, 0.2) is 40.9 Å². The van der Waals surface area contributed by atoms with Gasteiger partial charge in [0.25, 0.3) is 0 Å². The molecular weight excluding hydrogens is 319 g/mol. The van der Waals surface area contributed by atoms with Gasteiger partial charge in [-0.15, -0.1) is 0 Å². The lowest BCUT2D eigenvalue weighted by Crippen LogP contribution is -2.16. The number of nitrogens with two attached hydrogens (primary N) is 1. The fourth-order valence-corrected chi connectivity index (χ4v) is 2.24. The van der Waals surface area contributed by atoms with E-state index < -0.39 is 23.5 Å². The summed E-state index contributed by atoms with van der Waals surface area (Å²) >= 11 is 3.06. The van der Waals surface area contributed by atoms with Gasteiger partial charge in [-0.1, -0.05) is 24.3 Å². The minimum atomic E-state index is -0.937. The van der Waals surface area contributed by atoms with Crippen LogP contribution in [0.1, 0.15) is 17.2 Å². The second-order valence-electron chi connectivity index (χ2n) is 4.17. The molecule has 2 N–H and O–H groups in total. The van der Waals surface area contributed by atoms with Crippen LogP contribution in [0.25, 0.3) is 0 Å². The van der Waals surface area contributed by atoms with Gasteiger partial charge in [-0.05, 0) is 40.0 Å². The van der Waals surface area contributed by atoms with Crippen LogP contribution in [0.4, 0.5) is 13.2 Å². The van der Waals surface area contributed by atoms with Gasteiger partial charge in [-0.2, -0.15) is 0 Å². The fraction of sp³-hybridized carbons (Fsp3) is 0.143. The van der Waals surface area contributed by atoms with Crippen molar-refractivity contribution in [1.82, 2.24) is 0 Å². The van der Waals surface area contributed by atoms with Crippen molar-refractivity contribution in [2.45, 2.75) is 12.5 Å². The summed E-state index contributed by atoms with van der Waals surface area (Å²) in [7, 11) is 0. The van der Waals surface area contributed by atoms with E-state index in [4.69, 9.17) is 5.73 Å². The van der Waals surface area contributed by atoms with E-state index in [0.29, 0.717) is 4.47 Å². The molecule has 0 aliphatic rings. The molecule has 0 saturated carbocycles. The number of benzene rings is 2. The molecule has 0 aliphatic heterocycles. The van der Waals surface area contributed by atoms with E-state index in [1.807, 2.05) is 0 Å². The van der Waals surface area contributed by atoms with Crippen molar-refractivity contribution in [3.8, 4) is 0 Å². The molecule has 0 spiro atoms. The molecule has 1 unspecified atom stereocenters. The van der Waals surface area contributed by atoms with Crippen LogP contribution in [-0.2, 0) is 6.42 Å².